The van der Waals surface area contributed by atoms with Crippen LogP contribution in [0.4, 0.5) is 5.69 Å². The molecule has 0 heterocycles. The Labute approximate surface area is 166 Å². The lowest BCUT2D eigenvalue weighted by atomic mass is 10.2. The smallest absolute Gasteiger partial charge is 0.262 e. The van der Waals surface area contributed by atoms with Gasteiger partial charge in [-0.3, -0.25) is 9.52 Å². The van der Waals surface area contributed by atoms with Crippen molar-refractivity contribution in [1.82, 2.24) is 5.32 Å². The van der Waals surface area contributed by atoms with E-state index < -0.39 is 10.0 Å². The molecule has 0 bridgehead atoms. The van der Waals surface area contributed by atoms with Crippen molar-refractivity contribution < 1.29 is 22.7 Å². The first-order valence-electron chi connectivity index (χ1n) is 9.04. The van der Waals surface area contributed by atoms with Crippen LogP contribution < -0.4 is 19.5 Å². The molecule has 8 heteroatoms. The minimum absolute atomic E-state index is 0.0443. The molecule has 0 spiro atoms. The van der Waals surface area contributed by atoms with Gasteiger partial charge in [-0.1, -0.05) is 19.8 Å². The average Bonchev–Trinajstić information content (AvgIpc) is 2.70. The van der Waals surface area contributed by atoms with Gasteiger partial charge in [-0.15, -0.1) is 0 Å². The molecule has 0 unspecified atom stereocenters. The van der Waals surface area contributed by atoms with Gasteiger partial charge in [0.2, 0.25) is 0 Å². The number of rotatable bonds is 10. The Hall–Kier alpha value is -2.74. The van der Waals surface area contributed by atoms with Crippen LogP contribution in [0.15, 0.2) is 47.4 Å². The first kappa shape index (κ1) is 21.6. The number of methoxy groups -OCH3 is 2. The summed E-state index contributed by atoms with van der Waals surface area (Å²) in [6, 6.07) is 10.6. The average molecular weight is 407 g/mol. The third kappa shape index (κ3) is 5.63. The molecule has 0 atom stereocenters. The van der Waals surface area contributed by atoms with Crippen molar-refractivity contribution >= 4 is 21.6 Å². The Morgan fingerprint density at radius 3 is 2.25 bits per heavy atom. The van der Waals surface area contributed by atoms with Gasteiger partial charge in [0.25, 0.3) is 15.9 Å². The van der Waals surface area contributed by atoms with E-state index in [1.54, 1.807) is 24.3 Å². The van der Waals surface area contributed by atoms with Crippen molar-refractivity contribution in [1.29, 1.82) is 0 Å². The number of ether oxygens (including phenoxy) is 2. The highest BCUT2D eigenvalue weighted by molar-refractivity contribution is 7.92. The minimum atomic E-state index is -3.81. The quantitative estimate of drug-likeness (QED) is 0.590. The van der Waals surface area contributed by atoms with Crippen LogP contribution in [0.2, 0.25) is 0 Å². The highest BCUT2D eigenvalue weighted by atomic mass is 32.2. The topological polar surface area (TPSA) is 93.7 Å². The lowest BCUT2D eigenvalue weighted by Crippen LogP contribution is -2.24. The third-order valence-electron chi connectivity index (χ3n) is 4.13. The number of carbonyl (C=O) groups excluding carboxylic acids is 1. The lowest BCUT2D eigenvalue weighted by molar-refractivity contribution is 0.0953. The molecule has 0 saturated heterocycles. The van der Waals surface area contributed by atoms with Crippen LogP contribution in [0.25, 0.3) is 0 Å². The van der Waals surface area contributed by atoms with Gasteiger partial charge in [0.05, 0.1) is 19.1 Å². The normalized spacial score (nSPS) is 11.0. The molecule has 2 rings (SSSR count). The molecule has 2 N–H and O–H groups in total. The van der Waals surface area contributed by atoms with Crippen molar-refractivity contribution in [3.8, 4) is 11.5 Å². The van der Waals surface area contributed by atoms with Gasteiger partial charge in [0, 0.05) is 23.9 Å². The van der Waals surface area contributed by atoms with Gasteiger partial charge in [0.1, 0.15) is 0 Å². The van der Waals surface area contributed by atoms with Gasteiger partial charge in [-0.2, -0.15) is 0 Å². The number of sulfonamides is 1. The Morgan fingerprint density at radius 1 is 0.964 bits per heavy atom. The van der Waals surface area contributed by atoms with Crippen LogP contribution in [0.1, 0.15) is 36.5 Å². The molecule has 0 aliphatic carbocycles. The largest absolute Gasteiger partial charge is 0.493 e. The summed E-state index contributed by atoms with van der Waals surface area (Å²) in [4.78, 5) is 12.1. The van der Waals surface area contributed by atoms with E-state index in [2.05, 4.69) is 17.0 Å². The SMILES string of the molecule is CCCCCNC(=O)c1ccc(NS(=O)(=O)c2ccc(OC)c(OC)c2)cc1. The van der Waals surface area contributed by atoms with Crippen LogP contribution >= 0.6 is 0 Å². The lowest BCUT2D eigenvalue weighted by Gasteiger charge is -2.12. The Bertz CT molecular complexity index is 895. The van der Waals surface area contributed by atoms with Crippen LogP contribution in [-0.2, 0) is 10.0 Å². The monoisotopic (exact) mass is 406 g/mol. The van der Waals surface area contributed by atoms with Crippen LogP contribution in [-0.4, -0.2) is 35.1 Å². The predicted octanol–water partition coefficient (Wildman–Crippen LogP) is 3.42. The number of hydrogen-bond acceptors (Lipinski definition) is 5. The molecule has 7 nitrogen and oxygen atoms in total. The first-order valence-corrected chi connectivity index (χ1v) is 10.5. The fraction of sp³-hybridized carbons (Fsp3) is 0.350. The van der Waals surface area contributed by atoms with E-state index in [-0.39, 0.29) is 10.8 Å². The Morgan fingerprint density at radius 2 is 1.64 bits per heavy atom. The van der Waals surface area contributed by atoms with Crippen molar-refractivity contribution in [2.24, 2.45) is 0 Å². The zero-order valence-corrected chi connectivity index (χ0v) is 17.1. The van der Waals surface area contributed by atoms with Crippen LogP contribution in [0, 0.1) is 0 Å². The Balaban J connectivity index is 2.07. The molecule has 2 aromatic carbocycles. The molecule has 2 aromatic rings. The second-order valence-corrected chi connectivity index (χ2v) is 7.85. The summed E-state index contributed by atoms with van der Waals surface area (Å²) < 4.78 is 38.0. The summed E-state index contributed by atoms with van der Waals surface area (Å²) >= 11 is 0. The standard InChI is InChI=1S/C20H26N2O5S/c1-4-5-6-13-21-20(23)15-7-9-16(10-8-15)22-28(24,25)17-11-12-18(26-2)19(14-17)27-3/h7-12,14,22H,4-6,13H2,1-3H3,(H,21,23). The van der Waals surface area contributed by atoms with E-state index >= 15 is 0 Å². The maximum atomic E-state index is 12.6. The van der Waals surface area contributed by atoms with E-state index in [1.165, 1.54) is 32.4 Å². The van der Waals surface area contributed by atoms with E-state index in [4.69, 9.17) is 9.47 Å². The minimum Gasteiger partial charge on any atom is -0.493 e. The van der Waals surface area contributed by atoms with Gasteiger partial charge in [-0.25, -0.2) is 8.42 Å². The number of hydrogen-bond donors (Lipinski definition) is 2. The number of unbranched alkanes of at least 4 members (excludes halogenated alkanes) is 2. The van der Waals surface area contributed by atoms with Crippen molar-refractivity contribution in [2.75, 3.05) is 25.5 Å². The van der Waals surface area contributed by atoms with Gasteiger partial charge >= 0.3 is 0 Å². The summed E-state index contributed by atoms with van der Waals surface area (Å²) in [6.07, 6.45) is 3.09. The van der Waals surface area contributed by atoms with Crippen molar-refractivity contribution in [2.45, 2.75) is 31.1 Å². The number of carbonyl (C=O) groups is 1. The van der Waals surface area contributed by atoms with Crippen molar-refractivity contribution in [3.05, 3.63) is 48.0 Å². The molecule has 0 radical (unpaired) electrons. The highest BCUT2D eigenvalue weighted by Gasteiger charge is 2.17. The number of amides is 1. The molecule has 0 aliphatic rings. The molecule has 28 heavy (non-hydrogen) atoms. The van der Waals surface area contributed by atoms with E-state index in [0.717, 1.165) is 19.3 Å². The molecule has 1 amide bonds. The zero-order chi connectivity index (χ0) is 20.6. The van der Waals surface area contributed by atoms with Gasteiger partial charge < -0.3 is 14.8 Å². The first-order chi connectivity index (χ1) is 13.4. The maximum Gasteiger partial charge on any atom is 0.262 e. The Kier molecular flexibility index (Phi) is 7.69. The van der Waals surface area contributed by atoms with Crippen LogP contribution in [0.3, 0.4) is 0 Å². The van der Waals surface area contributed by atoms with E-state index in [1.807, 2.05) is 0 Å². The highest BCUT2D eigenvalue weighted by Crippen LogP contribution is 2.30. The second kappa shape index (κ2) is 9.98. The molecule has 0 aliphatic heterocycles. The molecule has 0 aromatic heterocycles. The maximum absolute atomic E-state index is 12.6. The number of benzene rings is 2. The second-order valence-electron chi connectivity index (χ2n) is 6.16. The van der Waals surface area contributed by atoms with Crippen molar-refractivity contribution in [3.63, 3.8) is 0 Å². The molecule has 0 saturated carbocycles. The fourth-order valence-corrected chi connectivity index (χ4v) is 3.64. The number of nitrogens with one attached hydrogen (secondary N) is 2. The zero-order valence-electron chi connectivity index (χ0n) is 16.3. The predicted molar refractivity (Wildman–Crippen MR) is 109 cm³/mol. The van der Waals surface area contributed by atoms with E-state index in [9.17, 15) is 13.2 Å². The summed E-state index contributed by atoms with van der Waals surface area (Å²) in [5.41, 5.74) is 0.836. The number of anilines is 1. The molecular weight excluding hydrogens is 380 g/mol. The van der Waals surface area contributed by atoms with E-state index in [0.29, 0.717) is 29.3 Å². The van der Waals surface area contributed by atoms with Gasteiger partial charge in [0.15, 0.2) is 11.5 Å². The van der Waals surface area contributed by atoms with Gasteiger partial charge in [-0.05, 0) is 42.8 Å². The van der Waals surface area contributed by atoms with Crippen LogP contribution in [0.5, 0.6) is 11.5 Å². The molecule has 152 valence electrons. The summed E-state index contributed by atoms with van der Waals surface area (Å²) in [6.45, 7) is 2.73. The summed E-state index contributed by atoms with van der Waals surface area (Å²) in [7, 11) is -0.894. The molecule has 0 fully saturated rings. The third-order valence-corrected chi connectivity index (χ3v) is 5.51. The molecular formula is C20H26N2O5S. The summed E-state index contributed by atoms with van der Waals surface area (Å²) in [5, 5.41) is 2.85. The summed E-state index contributed by atoms with van der Waals surface area (Å²) in [5.74, 6) is 0.585. The fourth-order valence-electron chi connectivity index (χ4n) is 2.57.